The second kappa shape index (κ2) is 14.5. The van der Waals surface area contributed by atoms with Crippen LogP contribution in [0.5, 0.6) is 28.7 Å². The van der Waals surface area contributed by atoms with Crippen LogP contribution in [0.3, 0.4) is 0 Å². The lowest BCUT2D eigenvalue weighted by Crippen LogP contribution is -2.31. The summed E-state index contributed by atoms with van der Waals surface area (Å²) in [5.74, 6) is 3.87. The Kier molecular flexibility index (Phi) is 12.4. The number of guanidine groups is 1. The van der Waals surface area contributed by atoms with Crippen LogP contribution in [0.15, 0.2) is 35.3 Å². The van der Waals surface area contributed by atoms with E-state index in [1.165, 1.54) is 5.56 Å². The largest absolute Gasteiger partial charge is 0.493 e. The maximum Gasteiger partial charge on any atom is 0.203 e. The van der Waals surface area contributed by atoms with E-state index in [0.717, 1.165) is 36.6 Å². The molecule has 0 amide bonds. The molecule has 0 aromatic heterocycles. The molecule has 8 nitrogen and oxygen atoms in total. The van der Waals surface area contributed by atoms with Gasteiger partial charge in [-0.25, -0.2) is 0 Å². The molecule has 0 aliphatic heterocycles. The highest BCUT2D eigenvalue weighted by molar-refractivity contribution is 14.0. The molecular weight excluding hydrogens is 525 g/mol. The summed E-state index contributed by atoms with van der Waals surface area (Å²) in [6.07, 6.45) is 1.83. The van der Waals surface area contributed by atoms with E-state index in [-0.39, 0.29) is 24.0 Å². The van der Waals surface area contributed by atoms with E-state index < -0.39 is 0 Å². The zero-order valence-electron chi connectivity index (χ0n) is 19.6. The second-order valence-corrected chi connectivity index (χ2v) is 6.56. The number of hydrogen-bond acceptors (Lipinski definition) is 6. The van der Waals surface area contributed by atoms with E-state index in [0.29, 0.717) is 29.8 Å². The van der Waals surface area contributed by atoms with E-state index >= 15 is 0 Å². The number of aryl methyl sites for hydroxylation is 1. The Morgan fingerprint density at radius 2 is 1.53 bits per heavy atom. The lowest BCUT2D eigenvalue weighted by atomic mass is 10.1. The van der Waals surface area contributed by atoms with E-state index in [2.05, 4.69) is 21.7 Å². The Balaban J connectivity index is 0.00000512. The predicted octanol–water partition coefficient (Wildman–Crippen LogP) is 4.36. The van der Waals surface area contributed by atoms with Crippen molar-refractivity contribution in [2.75, 3.05) is 54.0 Å². The number of rotatable bonds is 11. The monoisotopic (exact) mass is 559 g/mol. The van der Waals surface area contributed by atoms with E-state index in [1.807, 2.05) is 31.2 Å². The minimum Gasteiger partial charge on any atom is -0.493 e. The van der Waals surface area contributed by atoms with Gasteiger partial charge in [0, 0.05) is 31.4 Å². The molecule has 0 saturated carbocycles. The van der Waals surface area contributed by atoms with Gasteiger partial charge in [-0.15, -0.1) is 24.0 Å². The van der Waals surface area contributed by atoms with Crippen molar-refractivity contribution < 1.29 is 23.7 Å². The standard InChI is InChI=1S/C23H33N3O5.HI/c1-7-31-19-13-16(10-11-18(19)27-3)9-8-12-25-23(24-2)26-17-14-20(28-4)22(30-6)21(15-17)29-5;/h10-11,13-15H,7-9,12H2,1-6H3,(H2,24,25,26);1H. The van der Waals surface area contributed by atoms with Crippen molar-refractivity contribution in [3.8, 4) is 28.7 Å². The van der Waals surface area contributed by atoms with Crippen LogP contribution in [-0.2, 0) is 6.42 Å². The molecule has 32 heavy (non-hydrogen) atoms. The Labute approximate surface area is 207 Å². The van der Waals surface area contributed by atoms with Gasteiger partial charge >= 0.3 is 0 Å². The summed E-state index contributed by atoms with van der Waals surface area (Å²) in [7, 11) is 8.13. The van der Waals surface area contributed by atoms with Crippen molar-refractivity contribution >= 4 is 35.6 Å². The van der Waals surface area contributed by atoms with Crippen LogP contribution in [0.4, 0.5) is 5.69 Å². The number of halogens is 1. The average Bonchev–Trinajstić information content (AvgIpc) is 2.80. The molecule has 0 bridgehead atoms. The highest BCUT2D eigenvalue weighted by Gasteiger charge is 2.14. The van der Waals surface area contributed by atoms with E-state index in [4.69, 9.17) is 23.7 Å². The molecule has 0 spiro atoms. The van der Waals surface area contributed by atoms with Crippen LogP contribution in [0.1, 0.15) is 18.9 Å². The van der Waals surface area contributed by atoms with Crippen molar-refractivity contribution in [1.29, 1.82) is 0 Å². The van der Waals surface area contributed by atoms with Crippen LogP contribution < -0.4 is 34.3 Å². The van der Waals surface area contributed by atoms with Crippen LogP contribution in [0.2, 0.25) is 0 Å². The smallest absolute Gasteiger partial charge is 0.203 e. The summed E-state index contributed by atoms with van der Waals surface area (Å²) in [6, 6.07) is 9.70. The van der Waals surface area contributed by atoms with Crippen LogP contribution in [0, 0.1) is 0 Å². The molecule has 2 aromatic carbocycles. The van der Waals surface area contributed by atoms with Gasteiger partial charge in [0.05, 0.1) is 35.0 Å². The molecule has 0 heterocycles. The third-order valence-corrected chi connectivity index (χ3v) is 4.61. The number of anilines is 1. The molecule has 0 aliphatic rings. The van der Waals surface area contributed by atoms with Gasteiger partial charge in [0.2, 0.25) is 5.75 Å². The van der Waals surface area contributed by atoms with Gasteiger partial charge in [0.1, 0.15) is 0 Å². The number of ether oxygens (including phenoxy) is 5. The van der Waals surface area contributed by atoms with Crippen LogP contribution in [-0.4, -0.2) is 54.6 Å². The van der Waals surface area contributed by atoms with Crippen molar-refractivity contribution in [2.45, 2.75) is 19.8 Å². The fourth-order valence-electron chi connectivity index (χ4n) is 3.11. The first-order valence-corrected chi connectivity index (χ1v) is 10.2. The minimum absolute atomic E-state index is 0. The summed E-state index contributed by atoms with van der Waals surface area (Å²) in [5, 5.41) is 6.58. The maximum atomic E-state index is 5.65. The Hall–Kier alpha value is -2.56. The highest BCUT2D eigenvalue weighted by Crippen LogP contribution is 2.39. The number of nitrogens with one attached hydrogen (secondary N) is 2. The summed E-state index contributed by atoms with van der Waals surface area (Å²) >= 11 is 0. The fourth-order valence-corrected chi connectivity index (χ4v) is 3.11. The van der Waals surface area contributed by atoms with E-state index in [1.54, 1.807) is 35.5 Å². The first-order chi connectivity index (χ1) is 15.1. The van der Waals surface area contributed by atoms with Gasteiger partial charge in [0.15, 0.2) is 29.0 Å². The first kappa shape index (κ1) is 27.5. The quantitative estimate of drug-likeness (QED) is 0.183. The molecule has 2 rings (SSSR count). The van der Waals surface area contributed by atoms with Crippen molar-refractivity contribution in [3.05, 3.63) is 35.9 Å². The first-order valence-electron chi connectivity index (χ1n) is 10.2. The topological polar surface area (TPSA) is 82.6 Å². The van der Waals surface area contributed by atoms with Crippen LogP contribution in [0.25, 0.3) is 0 Å². The Bertz CT molecular complexity index is 852. The normalized spacial score (nSPS) is 10.6. The third kappa shape index (κ3) is 7.54. The van der Waals surface area contributed by atoms with Gasteiger partial charge < -0.3 is 34.3 Å². The van der Waals surface area contributed by atoms with Crippen molar-refractivity contribution in [2.24, 2.45) is 4.99 Å². The molecule has 2 aromatic rings. The number of methoxy groups -OCH3 is 4. The fraction of sp³-hybridized carbons (Fsp3) is 0.435. The van der Waals surface area contributed by atoms with E-state index in [9.17, 15) is 0 Å². The highest BCUT2D eigenvalue weighted by atomic mass is 127. The van der Waals surface area contributed by atoms with Gasteiger partial charge in [0.25, 0.3) is 0 Å². The van der Waals surface area contributed by atoms with Gasteiger partial charge in [-0.1, -0.05) is 6.07 Å². The molecule has 0 atom stereocenters. The maximum absolute atomic E-state index is 5.65. The van der Waals surface area contributed by atoms with Gasteiger partial charge in [-0.05, 0) is 37.5 Å². The zero-order chi connectivity index (χ0) is 22.6. The summed E-state index contributed by atoms with van der Waals surface area (Å²) < 4.78 is 27.2. The third-order valence-electron chi connectivity index (χ3n) is 4.61. The Morgan fingerprint density at radius 1 is 0.875 bits per heavy atom. The zero-order valence-corrected chi connectivity index (χ0v) is 21.9. The lowest BCUT2D eigenvalue weighted by molar-refractivity contribution is 0.310. The number of nitrogens with zero attached hydrogens (tertiary/aromatic N) is 1. The minimum atomic E-state index is 0. The van der Waals surface area contributed by atoms with Crippen molar-refractivity contribution in [1.82, 2.24) is 5.32 Å². The molecular formula is C23H34IN3O5. The van der Waals surface area contributed by atoms with Gasteiger partial charge in [-0.3, -0.25) is 4.99 Å². The van der Waals surface area contributed by atoms with Crippen LogP contribution >= 0.6 is 24.0 Å². The summed E-state index contributed by atoms with van der Waals surface area (Å²) in [5.41, 5.74) is 1.97. The SMILES string of the molecule is CCOc1cc(CCCNC(=NC)Nc2cc(OC)c(OC)c(OC)c2)ccc1OC.I. The molecule has 0 unspecified atom stereocenters. The summed E-state index contributed by atoms with van der Waals surface area (Å²) in [4.78, 5) is 4.29. The number of hydrogen-bond donors (Lipinski definition) is 2. The second-order valence-electron chi connectivity index (χ2n) is 6.56. The molecule has 9 heteroatoms. The summed E-state index contributed by atoms with van der Waals surface area (Å²) in [6.45, 7) is 3.31. The molecule has 0 saturated heterocycles. The lowest BCUT2D eigenvalue weighted by Gasteiger charge is -2.16. The molecule has 0 fully saturated rings. The molecule has 178 valence electrons. The molecule has 2 N–H and O–H groups in total. The Morgan fingerprint density at radius 3 is 2.06 bits per heavy atom. The number of aliphatic imine (C=N–C) groups is 1. The average molecular weight is 559 g/mol. The molecule has 0 radical (unpaired) electrons. The number of benzene rings is 2. The van der Waals surface area contributed by atoms with Gasteiger partial charge in [-0.2, -0.15) is 0 Å². The molecule has 0 aliphatic carbocycles. The van der Waals surface area contributed by atoms with Crippen molar-refractivity contribution in [3.63, 3.8) is 0 Å². The predicted molar refractivity (Wildman–Crippen MR) is 139 cm³/mol.